The third-order valence-corrected chi connectivity index (χ3v) is 5.09. The van der Waals surface area contributed by atoms with Crippen LogP contribution in [-0.4, -0.2) is 12.5 Å². The van der Waals surface area contributed by atoms with Gasteiger partial charge in [0.05, 0.1) is 6.61 Å². The number of ether oxygens (including phenoxy) is 1. The second-order valence-corrected chi connectivity index (χ2v) is 6.91. The summed E-state index contributed by atoms with van der Waals surface area (Å²) in [5.41, 5.74) is 5.35. The van der Waals surface area contributed by atoms with E-state index < -0.39 is 0 Å². The second kappa shape index (κ2) is 9.63. The Morgan fingerprint density at radius 1 is 1.08 bits per heavy atom. The summed E-state index contributed by atoms with van der Waals surface area (Å²) in [6.45, 7) is 8.64. The van der Waals surface area contributed by atoms with E-state index in [1.807, 2.05) is 26.0 Å². The van der Waals surface area contributed by atoms with E-state index in [2.05, 4.69) is 37.4 Å². The van der Waals surface area contributed by atoms with Gasteiger partial charge in [0.2, 0.25) is 5.91 Å². The lowest BCUT2D eigenvalue weighted by atomic mass is 10.0. The number of aryl methyl sites for hydroxylation is 4. The molecule has 0 spiro atoms. The number of nitrogens with one attached hydrogen (secondary N) is 1. The Morgan fingerprint density at radius 2 is 1.65 bits per heavy atom. The van der Waals surface area contributed by atoms with E-state index in [9.17, 15) is 4.79 Å². The van der Waals surface area contributed by atoms with Crippen molar-refractivity contribution in [3.63, 3.8) is 0 Å². The quantitative estimate of drug-likeness (QED) is 0.587. The maximum atomic E-state index is 12.3. The van der Waals surface area contributed by atoms with Crippen molar-refractivity contribution in [3.05, 3.63) is 57.6 Å². The Labute approximate surface area is 161 Å². The molecule has 3 nitrogen and oxygen atoms in total. The molecule has 0 aromatic heterocycles. The van der Waals surface area contributed by atoms with Gasteiger partial charge in [-0.1, -0.05) is 43.6 Å². The molecular formula is C22H28ClNO2. The molecule has 26 heavy (non-hydrogen) atoms. The lowest BCUT2D eigenvalue weighted by Crippen LogP contribution is -2.15. The molecule has 2 aromatic rings. The van der Waals surface area contributed by atoms with Crippen LogP contribution >= 0.6 is 11.6 Å². The van der Waals surface area contributed by atoms with Gasteiger partial charge in [-0.15, -0.1) is 0 Å². The fourth-order valence-corrected chi connectivity index (χ4v) is 3.13. The van der Waals surface area contributed by atoms with Crippen LogP contribution in [0.1, 0.15) is 48.9 Å². The van der Waals surface area contributed by atoms with Crippen molar-refractivity contribution < 1.29 is 9.53 Å². The highest BCUT2D eigenvalue weighted by Crippen LogP contribution is 2.26. The molecule has 0 bridgehead atoms. The number of amides is 1. The van der Waals surface area contributed by atoms with Crippen molar-refractivity contribution in [1.82, 2.24) is 0 Å². The molecule has 2 rings (SSSR count). The highest BCUT2D eigenvalue weighted by Gasteiger charge is 2.10. The Balaban J connectivity index is 1.87. The van der Waals surface area contributed by atoms with Gasteiger partial charge in [-0.05, 0) is 67.5 Å². The molecule has 0 fully saturated rings. The van der Waals surface area contributed by atoms with Crippen LogP contribution in [0.4, 0.5) is 5.69 Å². The van der Waals surface area contributed by atoms with E-state index in [1.54, 1.807) is 0 Å². The summed E-state index contributed by atoms with van der Waals surface area (Å²) in [5, 5.41) is 3.87. The van der Waals surface area contributed by atoms with Crippen molar-refractivity contribution in [2.24, 2.45) is 0 Å². The van der Waals surface area contributed by atoms with E-state index in [0.717, 1.165) is 40.4 Å². The van der Waals surface area contributed by atoms with Gasteiger partial charge in [0.1, 0.15) is 5.75 Å². The molecular weight excluding hydrogens is 346 g/mol. The Kier molecular flexibility index (Phi) is 7.52. The molecule has 0 aliphatic carbocycles. The number of anilines is 1. The van der Waals surface area contributed by atoms with Crippen LogP contribution in [0.25, 0.3) is 0 Å². The van der Waals surface area contributed by atoms with Gasteiger partial charge >= 0.3 is 0 Å². The molecule has 140 valence electrons. The molecule has 0 saturated carbocycles. The smallest absolute Gasteiger partial charge is 0.224 e. The minimum Gasteiger partial charge on any atom is -0.494 e. The Hall–Kier alpha value is -2.00. The number of halogens is 1. The Morgan fingerprint density at radius 3 is 2.19 bits per heavy atom. The van der Waals surface area contributed by atoms with Crippen molar-refractivity contribution in [2.75, 3.05) is 11.9 Å². The Bertz CT molecular complexity index is 725. The number of para-hydroxylation sites is 1. The molecule has 1 N–H and O–H groups in total. The standard InChI is InChI=1S/C22H28ClNO2/c1-5-17-9-7-10-18(6-2)22(17)24-20(25)11-8-12-26-19-13-15(3)21(23)16(4)14-19/h7,9-10,13-14H,5-6,8,11-12H2,1-4H3,(H,24,25). The molecule has 4 heteroatoms. The first-order valence-electron chi connectivity index (χ1n) is 9.26. The monoisotopic (exact) mass is 373 g/mol. The van der Waals surface area contributed by atoms with Crippen LogP contribution in [0.2, 0.25) is 5.02 Å². The van der Waals surface area contributed by atoms with Crippen LogP contribution in [0, 0.1) is 13.8 Å². The molecule has 0 unspecified atom stereocenters. The van der Waals surface area contributed by atoms with Gasteiger partial charge in [0.15, 0.2) is 0 Å². The zero-order valence-electron chi connectivity index (χ0n) is 16.1. The minimum atomic E-state index is 0.0349. The zero-order chi connectivity index (χ0) is 19.1. The van der Waals surface area contributed by atoms with Crippen LogP contribution < -0.4 is 10.1 Å². The molecule has 1 amide bonds. The maximum Gasteiger partial charge on any atom is 0.224 e. The van der Waals surface area contributed by atoms with Crippen molar-refractivity contribution in [3.8, 4) is 5.75 Å². The lowest BCUT2D eigenvalue weighted by molar-refractivity contribution is -0.116. The van der Waals surface area contributed by atoms with E-state index in [4.69, 9.17) is 16.3 Å². The highest BCUT2D eigenvalue weighted by atomic mass is 35.5. The van der Waals surface area contributed by atoms with Crippen LogP contribution in [0.3, 0.4) is 0 Å². The summed E-state index contributed by atoms with van der Waals surface area (Å²) in [6.07, 6.45) is 2.92. The van der Waals surface area contributed by atoms with Crippen molar-refractivity contribution in [2.45, 2.75) is 53.4 Å². The second-order valence-electron chi connectivity index (χ2n) is 6.53. The van der Waals surface area contributed by atoms with Gasteiger partial charge in [-0.25, -0.2) is 0 Å². The molecule has 0 aliphatic rings. The summed E-state index contributed by atoms with van der Waals surface area (Å²) >= 11 is 6.17. The molecule has 0 atom stereocenters. The first-order valence-corrected chi connectivity index (χ1v) is 9.64. The predicted octanol–water partition coefficient (Wildman–Crippen LogP) is 5.88. The van der Waals surface area contributed by atoms with Crippen LogP contribution in [0.5, 0.6) is 5.75 Å². The first kappa shape index (κ1) is 20.3. The summed E-state index contributed by atoms with van der Waals surface area (Å²) in [6, 6.07) is 10.1. The van der Waals surface area contributed by atoms with E-state index >= 15 is 0 Å². The first-order chi connectivity index (χ1) is 12.5. The number of hydrogen-bond acceptors (Lipinski definition) is 2. The van der Waals surface area contributed by atoms with Gasteiger partial charge in [-0.3, -0.25) is 4.79 Å². The summed E-state index contributed by atoms with van der Waals surface area (Å²) in [5.74, 6) is 0.835. The normalized spacial score (nSPS) is 10.7. The van der Waals surface area contributed by atoms with E-state index in [-0.39, 0.29) is 5.91 Å². The summed E-state index contributed by atoms with van der Waals surface area (Å²) in [4.78, 5) is 12.3. The van der Waals surface area contributed by atoms with E-state index in [0.29, 0.717) is 19.4 Å². The predicted molar refractivity (Wildman–Crippen MR) is 109 cm³/mol. The number of hydrogen-bond donors (Lipinski definition) is 1. The number of rotatable bonds is 8. The van der Waals surface area contributed by atoms with Gasteiger partial charge < -0.3 is 10.1 Å². The molecule has 0 saturated heterocycles. The fraction of sp³-hybridized carbons (Fsp3) is 0.409. The number of carbonyl (C=O) groups is 1. The average molecular weight is 374 g/mol. The van der Waals surface area contributed by atoms with Crippen LogP contribution in [0.15, 0.2) is 30.3 Å². The maximum absolute atomic E-state index is 12.3. The minimum absolute atomic E-state index is 0.0349. The topological polar surface area (TPSA) is 38.3 Å². The summed E-state index contributed by atoms with van der Waals surface area (Å²) < 4.78 is 5.77. The highest BCUT2D eigenvalue weighted by molar-refractivity contribution is 6.32. The average Bonchev–Trinajstić information content (AvgIpc) is 2.63. The SMILES string of the molecule is CCc1cccc(CC)c1NC(=O)CCCOc1cc(C)c(Cl)c(C)c1. The largest absolute Gasteiger partial charge is 0.494 e. The third-order valence-electron chi connectivity index (χ3n) is 4.49. The fourth-order valence-electron chi connectivity index (χ4n) is 3.02. The summed E-state index contributed by atoms with van der Waals surface area (Å²) in [7, 11) is 0. The van der Waals surface area contributed by atoms with Crippen LogP contribution in [-0.2, 0) is 17.6 Å². The van der Waals surface area contributed by atoms with Gasteiger partial charge in [0.25, 0.3) is 0 Å². The molecule has 0 heterocycles. The molecule has 2 aromatic carbocycles. The zero-order valence-corrected chi connectivity index (χ0v) is 16.9. The number of carbonyl (C=O) groups excluding carboxylic acids is 1. The number of benzene rings is 2. The van der Waals surface area contributed by atoms with Crippen molar-refractivity contribution >= 4 is 23.2 Å². The van der Waals surface area contributed by atoms with Gasteiger partial charge in [0, 0.05) is 17.1 Å². The molecule has 0 radical (unpaired) electrons. The lowest BCUT2D eigenvalue weighted by Gasteiger charge is -2.14. The van der Waals surface area contributed by atoms with E-state index in [1.165, 1.54) is 11.1 Å². The third kappa shape index (κ3) is 5.25. The molecule has 0 aliphatic heterocycles. The van der Waals surface area contributed by atoms with Crippen molar-refractivity contribution in [1.29, 1.82) is 0 Å². The van der Waals surface area contributed by atoms with Gasteiger partial charge in [-0.2, -0.15) is 0 Å².